The molecule has 0 amide bonds. The van der Waals surface area contributed by atoms with Gasteiger partial charge in [-0.1, -0.05) is 53.0 Å². The van der Waals surface area contributed by atoms with Gasteiger partial charge in [0, 0.05) is 5.02 Å². The normalized spacial score (nSPS) is 10.2. The van der Waals surface area contributed by atoms with Crippen LogP contribution < -0.4 is 9.47 Å². The predicted molar refractivity (Wildman–Crippen MR) is 140 cm³/mol. The van der Waals surface area contributed by atoms with E-state index >= 15 is 0 Å². The van der Waals surface area contributed by atoms with E-state index in [9.17, 15) is 4.79 Å². The van der Waals surface area contributed by atoms with Crippen molar-refractivity contribution in [1.29, 1.82) is 0 Å². The molecule has 0 bridgehead atoms. The quantitative estimate of drug-likeness (QED) is 0.229. The number of aryl methyl sites for hydroxylation is 4. The summed E-state index contributed by atoms with van der Waals surface area (Å²) in [5.41, 5.74) is 4.15. The molecule has 4 rings (SSSR count). The summed E-state index contributed by atoms with van der Waals surface area (Å²) >= 11 is 12.1. The lowest BCUT2D eigenvalue weighted by atomic mass is 10.1. The number of carbonyl (C=O) groups excluding carboxylic acids is 1. The first-order valence-electron chi connectivity index (χ1n) is 11.1. The molecular formula is C28H26Cl2N2O3. The van der Waals surface area contributed by atoms with Gasteiger partial charge in [0.15, 0.2) is 0 Å². The minimum Gasteiger partial charge on any atom is -0.457 e. The maximum Gasteiger partial charge on any atom is 0.298 e. The first-order valence-corrected chi connectivity index (χ1v) is 11.9. The van der Waals surface area contributed by atoms with Crippen molar-refractivity contribution in [2.75, 3.05) is 0 Å². The Bertz CT molecular complexity index is 1210. The Hall–Kier alpha value is -3.41. The highest BCUT2D eigenvalue weighted by Crippen LogP contribution is 2.24. The second kappa shape index (κ2) is 13.5. The van der Waals surface area contributed by atoms with Crippen LogP contribution in [-0.2, 0) is 17.6 Å². The third kappa shape index (κ3) is 8.71. The monoisotopic (exact) mass is 508 g/mol. The Labute approximate surface area is 215 Å². The van der Waals surface area contributed by atoms with Gasteiger partial charge in [0.2, 0.25) is 0 Å². The van der Waals surface area contributed by atoms with Crippen molar-refractivity contribution in [3.63, 3.8) is 0 Å². The zero-order valence-corrected chi connectivity index (χ0v) is 21.1. The van der Waals surface area contributed by atoms with Gasteiger partial charge in [-0.2, -0.15) is 0 Å². The summed E-state index contributed by atoms with van der Waals surface area (Å²) in [4.78, 5) is 18.2. The summed E-state index contributed by atoms with van der Waals surface area (Å²) in [6, 6.07) is 22.7. The first kappa shape index (κ1) is 26.2. The van der Waals surface area contributed by atoms with Crippen molar-refractivity contribution in [2.45, 2.75) is 33.1 Å². The molecule has 0 fully saturated rings. The molecule has 0 N–H and O–H groups in total. The van der Waals surface area contributed by atoms with Gasteiger partial charge in [-0.05, 0) is 87.2 Å². The summed E-state index contributed by atoms with van der Waals surface area (Å²) in [6.07, 6.45) is 4.35. The van der Waals surface area contributed by atoms with Crippen LogP contribution in [-0.4, -0.2) is 16.4 Å². The molecule has 1 aromatic heterocycles. The minimum absolute atomic E-state index is 0.421. The molecule has 35 heavy (non-hydrogen) atoms. The lowest BCUT2D eigenvalue weighted by Crippen LogP contribution is -1.97. The smallest absolute Gasteiger partial charge is 0.298 e. The van der Waals surface area contributed by atoms with Gasteiger partial charge in [-0.15, -0.1) is 0 Å². The fraction of sp³-hybridized carbons (Fsp3) is 0.179. The highest BCUT2D eigenvalue weighted by molar-refractivity contribution is 6.31. The van der Waals surface area contributed by atoms with E-state index in [0.29, 0.717) is 22.3 Å². The molecule has 0 aliphatic rings. The van der Waals surface area contributed by atoms with Crippen molar-refractivity contribution in [2.24, 2.45) is 0 Å². The first-order chi connectivity index (χ1) is 16.9. The van der Waals surface area contributed by atoms with Crippen molar-refractivity contribution < 1.29 is 14.3 Å². The summed E-state index contributed by atoms with van der Waals surface area (Å²) in [5.74, 6) is 2.16. The van der Waals surface area contributed by atoms with Crippen LogP contribution >= 0.6 is 23.2 Å². The second-order valence-electron chi connectivity index (χ2n) is 7.80. The van der Waals surface area contributed by atoms with E-state index in [1.807, 2.05) is 62.4 Å². The van der Waals surface area contributed by atoms with Crippen molar-refractivity contribution >= 4 is 29.7 Å². The molecule has 1 heterocycles. The molecule has 7 heteroatoms. The lowest BCUT2D eigenvalue weighted by molar-refractivity contribution is -0.120. The number of hydrogen-bond donors (Lipinski definition) is 0. The Morgan fingerprint density at radius 3 is 2.00 bits per heavy atom. The highest BCUT2D eigenvalue weighted by Gasteiger charge is 2.06. The standard InChI is InChI=1S/C20H18Cl2N2O.C8H8O2/c1-14-20(22)19(24-13-23-14)4-2-3-15-5-9-17(10-6-15)25-18-11-7-16(21)8-12-18;1-7-2-4-8(5-3-7)10-6-9/h5-13H,2-4H2,1H3;2-6H,1H3. The molecule has 0 aliphatic carbocycles. The minimum atomic E-state index is 0.421. The van der Waals surface area contributed by atoms with E-state index in [-0.39, 0.29) is 0 Å². The number of hydrogen-bond acceptors (Lipinski definition) is 5. The molecule has 0 spiro atoms. The summed E-state index contributed by atoms with van der Waals surface area (Å²) in [7, 11) is 0. The number of halogens is 2. The van der Waals surface area contributed by atoms with Gasteiger partial charge in [0.25, 0.3) is 6.47 Å². The molecule has 0 saturated heterocycles. The largest absolute Gasteiger partial charge is 0.457 e. The Balaban J connectivity index is 0.000000287. The van der Waals surface area contributed by atoms with Crippen LogP contribution in [0, 0.1) is 13.8 Å². The van der Waals surface area contributed by atoms with Crippen LogP contribution in [0.5, 0.6) is 17.2 Å². The van der Waals surface area contributed by atoms with Crippen LogP contribution in [0.3, 0.4) is 0 Å². The lowest BCUT2D eigenvalue weighted by Gasteiger charge is -2.08. The predicted octanol–water partition coefficient (Wildman–Crippen LogP) is 7.59. The summed E-state index contributed by atoms with van der Waals surface area (Å²) < 4.78 is 10.4. The number of ether oxygens (including phenoxy) is 2. The molecule has 0 unspecified atom stereocenters. The third-order valence-electron chi connectivity index (χ3n) is 5.09. The maximum absolute atomic E-state index is 9.84. The second-order valence-corrected chi connectivity index (χ2v) is 8.61. The molecule has 0 saturated carbocycles. The van der Waals surface area contributed by atoms with E-state index < -0.39 is 0 Å². The van der Waals surface area contributed by atoms with Gasteiger partial charge < -0.3 is 9.47 Å². The average molecular weight is 509 g/mol. The molecule has 3 aromatic carbocycles. The van der Waals surface area contributed by atoms with Crippen LogP contribution in [0.4, 0.5) is 0 Å². The fourth-order valence-corrected chi connectivity index (χ4v) is 3.49. The molecule has 5 nitrogen and oxygen atoms in total. The Morgan fingerprint density at radius 1 is 0.771 bits per heavy atom. The summed E-state index contributed by atoms with van der Waals surface area (Å²) in [6.45, 7) is 4.29. The van der Waals surface area contributed by atoms with E-state index in [0.717, 1.165) is 47.7 Å². The number of aromatic nitrogens is 2. The fourth-order valence-electron chi connectivity index (χ4n) is 3.18. The van der Waals surface area contributed by atoms with Crippen LogP contribution in [0.1, 0.15) is 28.9 Å². The van der Waals surface area contributed by atoms with Crippen LogP contribution in [0.25, 0.3) is 0 Å². The van der Waals surface area contributed by atoms with Crippen molar-refractivity contribution in [3.8, 4) is 17.2 Å². The van der Waals surface area contributed by atoms with E-state index in [1.165, 1.54) is 5.56 Å². The molecule has 0 radical (unpaired) electrons. The number of nitrogens with zero attached hydrogens (tertiary/aromatic N) is 2. The van der Waals surface area contributed by atoms with Gasteiger partial charge in [-0.3, -0.25) is 4.79 Å². The Kier molecular flexibility index (Phi) is 10.1. The van der Waals surface area contributed by atoms with Gasteiger partial charge in [0.05, 0.1) is 16.4 Å². The third-order valence-corrected chi connectivity index (χ3v) is 5.84. The van der Waals surface area contributed by atoms with Gasteiger partial charge >= 0.3 is 0 Å². The molecule has 0 aliphatic heterocycles. The summed E-state index contributed by atoms with van der Waals surface area (Å²) in [5, 5.41) is 1.37. The van der Waals surface area contributed by atoms with Crippen molar-refractivity contribution in [3.05, 3.63) is 112 Å². The van der Waals surface area contributed by atoms with E-state index in [4.69, 9.17) is 27.9 Å². The zero-order valence-electron chi connectivity index (χ0n) is 19.6. The highest BCUT2D eigenvalue weighted by atomic mass is 35.5. The maximum atomic E-state index is 9.84. The molecular weight excluding hydrogens is 483 g/mol. The number of carbonyl (C=O) groups is 1. The molecule has 4 aromatic rings. The van der Waals surface area contributed by atoms with E-state index in [2.05, 4.69) is 26.8 Å². The van der Waals surface area contributed by atoms with Gasteiger partial charge in [-0.25, -0.2) is 9.97 Å². The average Bonchev–Trinajstić information content (AvgIpc) is 2.86. The van der Waals surface area contributed by atoms with E-state index in [1.54, 1.807) is 18.5 Å². The molecule has 0 atom stereocenters. The topological polar surface area (TPSA) is 61.3 Å². The zero-order chi connectivity index (χ0) is 25.0. The molecule has 180 valence electrons. The van der Waals surface area contributed by atoms with Crippen LogP contribution in [0.15, 0.2) is 79.1 Å². The van der Waals surface area contributed by atoms with Crippen molar-refractivity contribution in [1.82, 2.24) is 9.97 Å². The van der Waals surface area contributed by atoms with Gasteiger partial charge in [0.1, 0.15) is 23.6 Å². The number of rotatable bonds is 8. The Morgan fingerprint density at radius 2 is 1.37 bits per heavy atom. The number of benzene rings is 3. The SMILES string of the molecule is Cc1ccc(OC=O)cc1.Cc1ncnc(CCCc2ccc(Oc3ccc(Cl)cc3)cc2)c1Cl. The van der Waals surface area contributed by atoms with Crippen LogP contribution in [0.2, 0.25) is 10.0 Å².